The summed E-state index contributed by atoms with van der Waals surface area (Å²) in [6, 6.07) is 8.23. The Morgan fingerprint density at radius 2 is 2.22 bits per heavy atom. The number of ether oxygens (including phenoxy) is 1. The third-order valence-electron chi connectivity index (χ3n) is 2.86. The summed E-state index contributed by atoms with van der Waals surface area (Å²) >= 11 is 6.98. The van der Waals surface area contributed by atoms with E-state index in [-0.39, 0.29) is 0 Å². The number of hydrogen-bond donors (Lipinski definition) is 2. The molecule has 5 heteroatoms. The van der Waals surface area contributed by atoms with Crippen molar-refractivity contribution in [3.05, 3.63) is 24.3 Å². The molecule has 1 heterocycles. The van der Waals surface area contributed by atoms with Gasteiger partial charge >= 0.3 is 0 Å². The summed E-state index contributed by atoms with van der Waals surface area (Å²) in [6.45, 7) is 1.66. The summed E-state index contributed by atoms with van der Waals surface area (Å²) in [7, 11) is 0. The van der Waals surface area contributed by atoms with Gasteiger partial charge in [0.05, 0.1) is 6.10 Å². The molecule has 0 radical (unpaired) electrons. The maximum absolute atomic E-state index is 5.53. The third kappa shape index (κ3) is 4.15. The Morgan fingerprint density at radius 3 is 2.83 bits per heavy atom. The van der Waals surface area contributed by atoms with Gasteiger partial charge in [-0.1, -0.05) is 0 Å². The van der Waals surface area contributed by atoms with Gasteiger partial charge in [-0.25, -0.2) is 0 Å². The van der Waals surface area contributed by atoms with Crippen molar-refractivity contribution in [3.8, 4) is 0 Å². The minimum Gasteiger partial charge on any atom is -0.376 e. The molecule has 0 amide bonds. The van der Waals surface area contributed by atoms with Crippen LogP contribution in [0, 0.1) is 0 Å². The van der Waals surface area contributed by atoms with Gasteiger partial charge in [-0.3, -0.25) is 0 Å². The lowest BCUT2D eigenvalue weighted by Gasteiger charge is -2.14. The second-order valence-corrected chi connectivity index (χ2v) is 5.49. The Balaban J connectivity index is 1.75. The highest BCUT2D eigenvalue weighted by Gasteiger charge is 2.15. The van der Waals surface area contributed by atoms with Gasteiger partial charge in [0.1, 0.15) is 0 Å². The van der Waals surface area contributed by atoms with Crippen LogP contribution in [0.3, 0.4) is 0 Å². The molecule has 1 aliphatic rings. The average molecular weight is 282 g/mol. The van der Waals surface area contributed by atoms with E-state index in [4.69, 9.17) is 17.0 Å². The number of anilines is 1. The number of nitrogens with one attached hydrogen (secondary N) is 2. The molecular weight excluding hydrogens is 264 g/mol. The van der Waals surface area contributed by atoms with Crippen LogP contribution in [0.2, 0.25) is 0 Å². The first kappa shape index (κ1) is 13.6. The van der Waals surface area contributed by atoms with Gasteiger partial charge in [-0.05, 0) is 55.6 Å². The van der Waals surface area contributed by atoms with Gasteiger partial charge in [0.25, 0.3) is 0 Å². The van der Waals surface area contributed by atoms with Crippen molar-refractivity contribution in [2.24, 2.45) is 0 Å². The van der Waals surface area contributed by atoms with Crippen molar-refractivity contribution >= 4 is 34.8 Å². The van der Waals surface area contributed by atoms with E-state index in [1.807, 2.05) is 12.1 Å². The number of thioether (sulfide) groups is 1. The van der Waals surface area contributed by atoms with Crippen molar-refractivity contribution in [2.75, 3.05) is 24.7 Å². The Kier molecular flexibility index (Phi) is 5.28. The lowest BCUT2D eigenvalue weighted by atomic mass is 10.2. The zero-order valence-electron chi connectivity index (χ0n) is 10.4. The SMILES string of the molecule is CSc1ccc(NC(=S)NC[C@@H]2CCCO2)cc1. The summed E-state index contributed by atoms with van der Waals surface area (Å²) in [4.78, 5) is 1.25. The third-order valence-corrected chi connectivity index (χ3v) is 3.85. The quantitative estimate of drug-likeness (QED) is 0.655. The minimum absolute atomic E-state index is 0.309. The molecule has 0 aromatic heterocycles. The zero-order chi connectivity index (χ0) is 12.8. The lowest BCUT2D eigenvalue weighted by Crippen LogP contribution is -2.34. The van der Waals surface area contributed by atoms with E-state index in [0.717, 1.165) is 31.7 Å². The normalized spacial score (nSPS) is 18.6. The Morgan fingerprint density at radius 1 is 1.44 bits per heavy atom. The van der Waals surface area contributed by atoms with Crippen LogP contribution in [-0.4, -0.2) is 30.6 Å². The smallest absolute Gasteiger partial charge is 0.170 e. The van der Waals surface area contributed by atoms with E-state index in [1.165, 1.54) is 4.90 Å². The zero-order valence-corrected chi connectivity index (χ0v) is 12.1. The van der Waals surface area contributed by atoms with Crippen LogP contribution in [0.15, 0.2) is 29.2 Å². The molecule has 2 N–H and O–H groups in total. The average Bonchev–Trinajstić information content (AvgIpc) is 2.90. The maximum Gasteiger partial charge on any atom is 0.170 e. The van der Waals surface area contributed by atoms with E-state index < -0.39 is 0 Å². The second kappa shape index (κ2) is 6.97. The molecule has 18 heavy (non-hydrogen) atoms. The van der Waals surface area contributed by atoms with Crippen LogP contribution >= 0.6 is 24.0 Å². The van der Waals surface area contributed by atoms with Crippen molar-refractivity contribution in [1.29, 1.82) is 0 Å². The van der Waals surface area contributed by atoms with Crippen LogP contribution in [0.4, 0.5) is 5.69 Å². The predicted molar refractivity (Wildman–Crippen MR) is 81.4 cm³/mol. The molecule has 1 fully saturated rings. The molecule has 1 aromatic rings. The summed E-state index contributed by atoms with van der Waals surface area (Å²) < 4.78 is 5.53. The van der Waals surface area contributed by atoms with Crippen molar-refractivity contribution in [2.45, 2.75) is 23.8 Å². The number of hydrogen-bond acceptors (Lipinski definition) is 3. The second-order valence-electron chi connectivity index (χ2n) is 4.20. The highest BCUT2D eigenvalue weighted by atomic mass is 32.2. The van der Waals surface area contributed by atoms with Gasteiger partial charge < -0.3 is 15.4 Å². The summed E-state index contributed by atoms with van der Waals surface area (Å²) in [6.07, 6.45) is 4.65. The first-order chi connectivity index (χ1) is 8.78. The van der Waals surface area contributed by atoms with E-state index in [2.05, 4.69) is 29.0 Å². The molecule has 1 atom stereocenters. The van der Waals surface area contributed by atoms with Gasteiger partial charge in [0.2, 0.25) is 0 Å². The van der Waals surface area contributed by atoms with Crippen molar-refractivity contribution < 1.29 is 4.74 Å². The van der Waals surface area contributed by atoms with Gasteiger partial charge in [-0.2, -0.15) is 0 Å². The summed E-state index contributed by atoms with van der Waals surface area (Å²) in [5, 5.41) is 7.02. The molecule has 0 unspecified atom stereocenters. The number of rotatable bonds is 4. The summed E-state index contributed by atoms with van der Waals surface area (Å²) in [5.41, 5.74) is 1.01. The van der Waals surface area contributed by atoms with Crippen molar-refractivity contribution in [3.63, 3.8) is 0 Å². The molecule has 3 nitrogen and oxygen atoms in total. The Labute approximate surface area is 118 Å². The molecule has 0 aliphatic carbocycles. The molecule has 2 rings (SSSR count). The highest BCUT2D eigenvalue weighted by molar-refractivity contribution is 7.98. The first-order valence-electron chi connectivity index (χ1n) is 6.08. The maximum atomic E-state index is 5.53. The molecule has 1 saturated heterocycles. The van der Waals surface area contributed by atoms with Crippen LogP contribution in [0.25, 0.3) is 0 Å². The summed E-state index contributed by atoms with van der Waals surface area (Å²) in [5.74, 6) is 0. The molecule has 1 aromatic carbocycles. The Hall–Kier alpha value is -0.780. The fourth-order valence-electron chi connectivity index (χ4n) is 1.86. The fraction of sp³-hybridized carbons (Fsp3) is 0.462. The van der Waals surface area contributed by atoms with Crippen LogP contribution < -0.4 is 10.6 Å². The molecule has 0 bridgehead atoms. The van der Waals surface area contributed by atoms with Gasteiger partial charge in [0.15, 0.2) is 5.11 Å². The number of benzene rings is 1. The van der Waals surface area contributed by atoms with Crippen LogP contribution in [0.1, 0.15) is 12.8 Å². The number of thiocarbonyl (C=S) groups is 1. The van der Waals surface area contributed by atoms with E-state index in [1.54, 1.807) is 11.8 Å². The lowest BCUT2D eigenvalue weighted by molar-refractivity contribution is 0.114. The van der Waals surface area contributed by atoms with E-state index >= 15 is 0 Å². The van der Waals surface area contributed by atoms with Crippen molar-refractivity contribution in [1.82, 2.24) is 5.32 Å². The fourth-order valence-corrected chi connectivity index (χ4v) is 2.47. The topological polar surface area (TPSA) is 33.3 Å². The van der Waals surface area contributed by atoms with E-state index in [9.17, 15) is 0 Å². The molecule has 1 aliphatic heterocycles. The van der Waals surface area contributed by atoms with Gasteiger partial charge in [-0.15, -0.1) is 11.8 Å². The monoisotopic (exact) mass is 282 g/mol. The predicted octanol–water partition coefficient (Wildman–Crippen LogP) is 2.87. The standard InChI is InChI=1S/C13H18N2OS2/c1-18-12-6-4-10(5-7-12)15-13(17)14-9-11-3-2-8-16-11/h4-7,11H,2-3,8-9H2,1H3,(H2,14,15,17)/t11-/m0/s1. The minimum atomic E-state index is 0.309. The molecule has 0 spiro atoms. The first-order valence-corrected chi connectivity index (χ1v) is 7.72. The van der Waals surface area contributed by atoms with Crippen LogP contribution in [-0.2, 0) is 4.74 Å². The molecule has 0 saturated carbocycles. The Bertz CT molecular complexity index is 388. The molecular formula is C13H18N2OS2. The van der Waals surface area contributed by atoms with E-state index in [0.29, 0.717) is 11.2 Å². The van der Waals surface area contributed by atoms with Crippen LogP contribution in [0.5, 0.6) is 0 Å². The molecule has 98 valence electrons. The largest absolute Gasteiger partial charge is 0.376 e. The highest BCUT2D eigenvalue weighted by Crippen LogP contribution is 2.17. The van der Waals surface area contributed by atoms with Gasteiger partial charge in [0, 0.05) is 23.7 Å².